The van der Waals surface area contributed by atoms with E-state index in [-0.39, 0.29) is 4.90 Å². The van der Waals surface area contributed by atoms with Crippen molar-refractivity contribution in [1.82, 2.24) is 8.87 Å². The molecule has 1 aliphatic rings. The number of rotatable bonds is 5. The van der Waals surface area contributed by atoms with E-state index in [1.807, 2.05) is 12.1 Å². The average molecular weight is 356 g/mol. The Morgan fingerprint density at radius 3 is 2.48 bits per heavy atom. The van der Waals surface area contributed by atoms with Gasteiger partial charge in [-0.25, -0.2) is 12.4 Å². The standard InChI is InChI=1S/C19H20N2O3S/c1-24-16-12-15(14-20-9-5-10-20)18-8-11-21(19(18)13-16)25(22,23)17-6-3-2-4-7-17/h2-4,6-8,11-13H,5,9-10,14H2,1H3. The van der Waals surface area contributed by atoms with Gasteiger partial charge in [-0.2, -0.15) is 0 Å². The minimum atomic E-state index is -3.64. The zero-order valence-corrected chi connectivity index (χ0v) is 14.9. The Bertz CT molecular complexity index is 1010. The lowest BCUT2D eigenvalue weighted by Gasteiger charge is -2.31. The third kappa shape index (κ3) is 2.81. The summed E-state index contributed by atoms with van der Waals surface area (Å²) in [5.41, 5.74) is 1.75. The highest BCUT2D eigenvalue weighted by atomic mass is 32.2. The van der Waals surface area contributed by atoms with Crippen LogP contribution in [0.5, 0.6) is 5.75 Å². The fraction of sp³-hybridized carbons (Fsp3) is 0.263. The topological polar surface area (TPSA) is 51.5 Å². The van der Waals surface area contributed by atoms with Crippen LogP contribution in [0.1, 0.15) is 12.0 Å². The van der Waals surface area contributed by atoms with Crippen molar-refractivity contribution in [3.05, 3.63) is 60.3 Å². The van der Waals surface area contributed by atoms with Crippen LogP contribution in [-0.2, 0) is 16.6 Å². The van der Waals surface area contributed by atoms with Crippen LogP contribution in [-0.4, -0.2) is 37.5 Å². The molecule has 2 heterocycles. The molecule has 1 saturated heterocycles. The summed E-state index contributed by atoms with van der Waals surface area (Å²) < 4.78 is 32.8. The van der Waals surface area contributed by atoms with Crippen molar-refractivity contribution >= 4 is 20.9 Å². The van der Waals surface area contributed by atoms with Gasteiger partial charge in [0.2, 0.25) is 0 Å². The van der Waals surface area contributed by atoms with E-state index in [9.17, 15) is 8.42 Å². The molecule has 0 radical (unpaired) electrons. The van der Waals surface area contributed by atoms with Crippen LogP contribution in [0.25, 0.3) is 10.9 Å². The summed E-state index contributed by atoms with van der Waals surface area (Å²) >= 11 is 0. The van der Waals surface area contributed by atoms with Crippen LogP contribution >= 0.6 is 0 Å². The maximum absolute atomic E-state index is 13.0. The van der Waals surface area contributed by atoms with E-state index in [0.717, 1.165) is 30.6 Å². The molecule has 4 rings (SSSR count). The first-order valence-electron chi connectivity index (χ1n) is 8.30. The Morgan fingerprint density at radius 2 is 1.84 bits per heavy atom. The van der Waals surface area contributed by atoms with Gasteiger partial charge in [0.25, 0.3) is 10.0 Å². The lowest BCUT2D eigenvalue weighted by atomic mass is 10.1. The average Bonchev–Trinajstić information content (AvgIpc) is 3.03. The van der Waals surface area contributed by atoms with Crippen LogP contribution in [0.2, 0.25) is 0 Å². The molecule has 1 aliphatic heterocycles. The highest BCUT2D eigenvalue weighted by Crippen LogP contribution is 2.30. The molecule has 5 nitrogen and oxygen atoms in total. The third-order valence-electron chi connectivity index (χ3n) is 4.71. The minimum Gasteiger partial charge on any atom is -0.497 e. The monoisotopic (exact) mass is 356 g/mol. The van der Waals surface area contributed by atoms with Gasteiger partial charge in [-0.1, -0.05) is 18.2 Å². The van der Waals surface area contributed by atoms with Crippen molar-refractivity contribution in [2.75, 3.05) is 20.2 Å². The number of aromatic nitrogens is 1. The zero-order valence-electron chi connectivity index (χ0n) is 14.1. The molecular weight excluding hydrogens is 336 g/mol. The van der Waals surface area contributed by atoms with Gasteiger partial charge in [0.1, 0.15) is 5.75 Å². The maximum Gasteiger partial charge on any atom is 0.268 e. The van der Waals surface area contributed by atoms with Crippen molar-refractivity contribution in [2.45, 2.75) is 17.9 Å². The molecule has 0 unspecified atom stereocenters. The number of hydrogen-bond donors (Lipinski definition) is 0. The lowest BCUT2D eigenvalue weighted by Crippen LogP contribution is -2.36. The second-order valence-corrected chi connectivity index (χ2v) is 8.09. The molecule has 6 heteroatoms. The summed E-state index contributed by atoms with van der Waals surface area (Å²) in [6, 6.07) is 14.2. The Balaban J connectivity index is 1.87. The van der Waals surface area contributed by atoms with E-state index < -0.39 is 10.0 Å². The van der Waals surface area contributed by atoms with E-state index in [1.165, 1.54) is 10.4 Å². The summed E-state index contributed by atoms with van der Waals surface area (Å²) in [5, 5.41) is 0.951. The van der Waals surface area contributed by atoms with Gasteiger partial charge in [-0.05, 0) is 49.3 Å². The van der Waals surface area contributed by atoms with Gasteiger partial charge in [-0.15, -0.1) is 0 Å². The number of benzene rings is 2. The second-order valence-electron chi connectivity index (χ2n) is 6.28. The molecule has 0 saturated carbocycles. The molecule has 0 N–H and O–H groups in total. The molecule has 0 bridgehead atoms. The minimum absolute atomic E-state index is 0.277. The highest BCUT2D eigenvalue weighted by Gasteiger charge is 2.22. The summed E-state index contributed by atoms with van der Waals surface area (Å²) in [4.78, 5) is 2.62. The predicted molar refractivity (Wildman–Crippen MR) is 97.4 cm³/mol. The van der Waals surface area contributed by atoms with E-state index in [0.29, 0.717) is 11.3 Å². The first-order valence-corrected chi connectivity index (χ1v) is 9.74. The molecule has 0 aliphatic carbocycles. The zero-order chi connectivity index (χ0) is 17.4. The molecule has 1 fully saturated rings. The Labute approximate surface area is 147 Å². The maximum atomic E-state index is 13.0. The molecular formula is C19H20N2O3S. The quantitative estimate of drug-likeness (QED) is 0.705. The molecule has 25 heavy (non-hydrogen) atoms. The number of fused-ring (bicyclic) bond motifs is 1. The predicted octanol–water partition coefficient (Wildman–Crippen LogP) is 3.09. The summed E-state index contributed by atoms with van der Waals surface area (Å²) in [7, 11) is -2.03. The van der Waals surface area contributed by atoms with Gasteiger partial charge in [-0.3, -0.25) is 4.90 Å². The smallest absolute Gasteiger partial charge is 0.268 e. The number of hydrogen-bond acceptors (Lipinski definition) is 4. The molecule has 130 valence electrons. The van der Waals surface area contributed by atoms with Crippen LogP contribution in [0.3, 0.4) is 0 Å². The summed E-state index contributed by atoms with van der Waals surface area (Å²) in [6.07, 6.45) is 2.85. The number of ether oxygens (including phenoxy) is 1. The lowest BCUT2D eigenvalue weighted by molar-refractivity contribution is 0.173. The van der Waals surface area contributed by atoms with E-state index >= 15 is 0 Å². The summed E-state index contributed by atoms with van der Waals surface area (Å²) in [6.45, 7) is 2.98. The van der Waals surface area contributed by atoms with Crippen molar-refractivity contribution in [3.63, 3.8) is 0 Å². The first-order chi connectivity index (χ1) is 12.1. The molecule has 0 amide bonds. The largest absolute Gasteiger partial charge is 0.497 e. The van der Waals surface area contributed by atoms with Crippen molar-refractivity contribution in [1.29, 1.82) is 0 Å². The molecule has 0 spiro atoms. The first kappa shape index (κ1) is 16.2. The SMILES string of the molecule is COc1cc(CN2CCC2)c2ccn(S(=O)(=O)c3ccccc3)c2c1. The van der Waals surface area contributed by atoms with Gasteiger partial charge < -0.3 is 4.74 Å². The van der Waals surface area contributed by atoms with Crippen LogP contribution in [0, 0.1) is 0 Å². The van der Waals surface area contributed by atoms with Crippen LogP contribution < -0.4 is 4.74 Å². The van der Waals surface area contributed by atoms with E-state index in [2.05, 4.69) is 4.90 Å². The van der Waals surface area contributed by atoms with Gasteiger partial charge >= 0.3 is 0 Å². The van der Waals surface area contributed by atoms with E-state index in [1.54, 1.807) is 49.7 Å². The Kier molecular flexibility index (Phi) is 4.01. The van der Waals surface area contributed by atoms with Crippen molar-refractivity contribution in [3.8, 4) is 5.75 Å². The Morgan fingerprint density at radius 1 is 1.08 bits per heavy atom. The molecule has 2 aromatic carbocycles. The van der Waals surface area contributed by atoms with E-state index in [4.69, 9.17) is 4.74 Å². The summed E-state index contributed by atoms with van der Waals surface area (Å²) in [5.74, 6) is 0.672. The van der Waals surface area contributed by atoms with Gasteiger partial charge in [0.15, 0.2) is 0 Å². The number of likely N-dealkylation sites (tertiary alicyclic amines) is 1. The Hall–Kier alpha value is -2.31. The number of methoxy groups -OCH3 is 1. The fourth-order valence-corrected chi connectivity index (χ4v) is 4.57. The molecule has 0 atom stereocenters. The number of nitrogens with zero attached hydrogens (tertiary/aromatic N) is 2. The third-order valence-corrected chi connectivity index (χ3v) is 6.41. The normalized spacial score (nSPS) is 15.2. The molecule has 3 aromatic rings. The highest BCUT2D eigenvalue weighted by molar-refractivity contribution is 7.90. The van der Waals surface area contributed by atoms with Gasteiger partial charge in [0.05, 0.1) is 17.5 Å². The fourth-order valence-electron chi connectivity index (χ4n) is 3.21. The van der Waals surface area contributed by atoms with Crippen LogP contribution in [0.4, 0.5) is 0 Å². The van der Waals surface area contributed by atoms with Crippen molar-refractivity contribution in [2.24, 2.45) is 0 Å². The van der Waals surface area contributed by atoms with Gasteiger partial charge in [0, 0.05) is 24.2 Å². The second kappa shape index (κ2) is 6.20. The molecule has 1 aromatic heterocycles. The van der Waals surface area contributed by atoms with Crippen LogP contribution in [0.15, 0.2) is 59.6 Å². The van der Waals surface area contributed by atoms with Crippen molar-refractivity contribution < 1.29 is 13.2 Å².